The van der Waals surface area contributed by atoms with Crippen molar-refractivity contribution in [3.63, 3.8) is 0 Å². The number of hydrogen-bond acceptors (Lipinski definition) is 10. The van der Waals surface area contributed by atoms with Gasteiger partial charge in [0, 0.05) is 24.8 Å². The van der Waals surface area contributed by atoms with Crippen molar-refractivity contribution in [3.8, 4) is 0 Å². The highest BCUT2D eigenvalue weighted by Gasteiger charge is 2.46. The molecule has 0 bridgehead atoms. The molecule has 2 aromatic heterocycles. The van der Waals surface area contributed by atoms with Gasteiger partial charge in [-0.1, -0.05) is 0 Å². The number of aromatic nitrogens is 4. The third kappa shape index (κ3) is 5.39. The van der Waals surface area contributed by atoms with Crippen LogP contribution in [0.4, 0.5) is 37.7 Å². The number of piperidine rings is 1. The molecule has 0 radical (unpaired) electrons. The van der Waals surface area contributed by atoms with Crippen LogP contribution in [0, 0.1) is 12.3 Å². The van der Waals surface area contributed by atoms with Crippen molar-refractivity contribution < 1.29 is 22.3 Å². The maximum atomic E-state index is 13.5. The van der Waals surface area contributed by atoms with E-state index in [1.54, 1.807) is 25.1 Å². The van der Waals surface area contributed by atoms with Gasteiger partial charge in [-0.25, -0.2) is 32.2 Å². The fourth-order valence-corrected chi connectivity index (χ4v) is 6.17. The summed E-state index contributed by atoms with van der Waals surface area (Å²) in [4.78, 5) is 21.3. The summed E-state index contributed by atoms with van der Waals surface area (Å²) in [5.74, 6) is -2.08. The molecule has 2 saturated heterocycles. The predicted molar refractivity (Wildman–Crippen MR) is 144 cm³/mol. The van der Waals surface area contributed by atoms with Crippen LogP contribution in [-0.4, -0.2) is 77.9 Å². The number of hydrogen-bond donors (Lipinski definition) is 3. The average Bonchev–Trinajstić information content (AvgIpc) is 3.60. The van der Waals surface area contributed by atoms with Gasteiger partial charge >= 0.3 is 0 Å². The van der Waals surface area contributed by atoms with E-state index < -0.39 is 41.4 Å². The van der Waals surface area contributed by atoms with Gasteiger partial charge < -0.3 is 20.2 Å². The molecule has 0 unspecified atom stereocenters. The van der Waals surface area contributed by atoms with Gasteiger partial charge in [0.25, 0.3) is 5.92 Å². The lowest BCUT2D eigenvalue weighted by molar-refractivity contribution is -0.0271. The summed E-state index contributed by atoms with van der Waals surface area (Å²) in [7, 11) is -3.74. The molecule has 208 valence electrons. The van der Waals surface area contributed by atoms with Crippen LogP contribution in [0.2, 0.25) is 0 Å². The standard InChI is InChI=1S/C25H30F2N8O3S/c1-16-10-20(32-23(30-16)35-13-25(26,27)14-35)31-22-21-18(28-15-29-22)11-17(33-39(37,38)9-8-36)12-19(21)34-6-4-24(2-3-24)5-7-34/h10-12,15,33,36H,2-9,13-14H2,1H3,(H,28,29,30,31,32). The summed E-state index contributed by atoms with van der Waals surface area (Å²) in [6.45, 7) is 2.05. The van der Waals surface area contributed by atoms with Crippen molar-refractivity contribution in [1.29, 1.82) is 0 Å². The molecule has 1 spiro atoms. The largest absolute Gasteiger partial charge is 0.395 e. The normalized spacial score (nSPS) is 19.7. The monoisotopic (exact) mass is 560 g/mol. The van der Waals surface area contributed by atoms with Gasteiger partial charge in [-0.05, 0) is 50.2 Å². The van der Waals surface area contributed by atoms with E-state index in [9.17, 15) is 17.2 Å². The summed E-state index contributed by atoms with van der Waals surface area (Å²) in [6, 6.07) is 5.12. The number of sulfonamides is 1. The Labute approximate surface area is 224 Å². The SMILES string of the molecule is Cc1cc(Nc2ncnc3cc(NS(=O)(=O)CCO)cc(N4CCC5(CC4)CC5)c23)nc(N2CC(F)(F)C2)n1. The molecular weight excluding hydrogens is 530 g/mol. The van der Waals surface area contributed by atoms with Gasteiger partial charge in [0.1, 0.15) is 18.0 Å². The van der Waals surface area contributed by atoms with Crippen LogP contribution in [0.1, 0.15) is 31.4 Å². The highest BCUT2D eigenvalue weighted by Crippen LogP contribution is 2.54. The molecule has 0 amide bonds. The lowest BCUT2D eigenvalue weighted by Crippen LogP contribution is -2.57. The van der Waals surface area contributed by atoms with E-state index in [-0.39, 0.29) is 5.95 Å². The molecule has 1 aliphatic carbocycles. The number of aliphatic hydroxyl groups is 1. The van der Waals surface area contributed by atoms with Crippen molar-refractivity contribution in [1.82, 2.24) is 19.9 Å². The van der Waals surface area contributed by atoms with E-state index in [1.165, 1.54) is 24.1 Å². The zero-order valence-corrected chi connectivity index (χ0v) is 22.3. The Kier molecular flexibility index (Phi) is 6.21. The summed E-state index contributed by atoms with van der Waals surface area (Å²) in [6.07, 6.45) is 5.98. The lowest BCUT2D eigenvalue weighted by atomic mass is 9.93. The van der Waals surface area contributed by atoms with Gasteiger partial charge in [-0.3, -0.25) is 4.72 Å². The van der Waals surface area contributed by atoms with Gasteiger partial charge in [0.15, 0.2) is 0 Å². The highest BCUT2D eigenvalue weighted by molar-refractivity contribution is 7.92. The maximum absolute atomic E-state index is 13.5. The quantitative estimate of drug-likeness (QED) is 0.377. The van der Waals surface area contributed by atoms with Crippen LogP contribution < -0.4 is 19.8 Å². The molecule has 6 rings (SSSR count). The number of nitrogens with one attached hydrogen (secondary N) is 2. The van der Waals surface area contributed by atoms with Crippen molar-refractivity contribution in [2.75, 3.05) is 58.4 Å². The Bertz CT molecular complexity index is 1520. The molecule has 14 heteroatoms. The van der Waals surface area contributed by atoms with E-state index in [0.717, 1.165) is 31.6 Å². The molecule has 2 aliphatic heterocycles. The number of anilines is 5. The third-order valence-electron chi connectivity index (χ3n) is 7.69. The van der Waals surface area contributed by atoms with Crippen LogP contribution in [-0.2, 0) is 10.0 Å². The topological polar surface area (TPSA) is 136 Å². The van der Waals surface area contributed by atoms with E-state index in [1.807, 2.05) is 0 Å². The number of rotatable bonds is 8. The first-order chi connectivity index (χ1) is 18.5. The molecule has 0 atom stereocenters. The Balaban J connectivity index is 1.38. The van der Waals surface area contributed by atoms with E-state index in [2.05, 4.69) is 34.9 Å². The van der Waals surface area contributed by atoms with Crippen LogP contribution in [0.25, 0.3) is 10.9 Å². The number of fused-ring (bicyclic) bond motifs is 1. The average molecular weight is 561 g/mol. The molecule has 3 aliphatic rings. The van der Waals surface area contributed by atoms with Crippen molar-refractivity contribution >= 4 is 49.9 Å². The molecule has 1 saturated carbocycles. The Hall–Kier alpha value is -3.39. The van der Waals surface area contributed by atoms with Crippen LogP contribution in [0.15, 0.2) is 24.5 Å². The second-order valence-electron chi connectivity index (χ2n) is 10.8. The molecule has 3 N–H and O–H groups in total. The fourth-order valence-electron chi connectivity index (χ4n) is 5.36. The van der Waals surface area contributed by atoms with Crippen molar-refractivity contribution in [2.24, 2.45) is 5.41 Å². The number of aliphatic hydroxyl groups excluding tert-OH is 1. The number of aryl methyl sites for hydroxylation is 1. The second kappa shape index (κ2) is 9.37. The lowest BCUT2D eigenvalue weighted by Gasteiger charge is -2.38. The first-order valence-electron chi connectivity index (χ1n) is 12.9. The van der Waals surface area contributed by atoms with Crippen molar-refractivity contribution in [2.45, 2.75) is 38.5 Å². The number of alkyl halides is 2. The first kappa shape index (κ1) is 25.9. The summed E-state index contributed by atoms with van der Waals surface area (Å²) < 4.78 is 54.3. The van der Waals surface area contributed by atoms with Gasteiger partial charge in [-0.15, -0.1) is 0 Å². The number of nitrogens with zero attached hydrogens (tertiary/aromatic N) is 6. The minimum Gasteiger partial charge on any atom is -0.395 e. The molecule has 3 aromatic rings. The number of benzene rings is 1. The molecule has 39 heavy (non-hydrogen) atoms. The minimum atomic E-state index is -3.74. The van der Waals surface area contributed by atoms with Crippen LogP contribution >= 0.6 is 0 Å². The van der Waals surface area contributed by atoms with Crippen molar-refractivity contribution in [3.05, 3.63) is 30.2 Å². The number of halogens is 2. The van der Waals surface area contributed by atoms with E-state index in [0.29, 0.717) is 39.3 Å². The summed E-state index contributed by atoms with van der Waals surface area (Å²) in [5, 5.41) is 13.1. The smallest absolute Gasteiger partial charge is 0.282 e. The Morgan fingerprint density at radius 3 is 2.44 bits per heavy atom. The van der Waals surface area contributed by atoms with Crippen LogP contribution in [0.3, 0.4) is 0 Å². The molecule has 4 heterocycles. The van der Waals surface area contributed by atoms with Gasteiger partial charge in [0.05, 0.1) is 47.7 Å². The minimum absolute atomic E-state index is 0.216. The highest BCUT2D eigenvalue weighted by atomic mass is 32.2. The first-order valence-corrected chi connectivity index (χ1v) is 14.6. The van der Waals surface area contributed by atoms with Gasteiger partial charge in [-0.2, -0.15) is 4.98 Å². The zero-order valence-electron chi connectivity index (χ0n) is 21.5. The molecule has 3 fully saturated rings. The fraction of sp³-hybridized carbons (Fsp3) is 0.520. The maximum Gasteiger partial charge on any atom is 0.282 e. The van der Waals surface area contributed by atoms with Crippen LogP contribution in [0.5, 0.6) is 0 Å². The summed E-state index contributed by atoms with van der Waals surface area (Å²) in [5.41, 5.74) is 2.70. The second-order valence-corrected chi connectivity index (χ2v) is 12.6. The molecule has 11 nitrogen and oxygen atoms in total. The molecular formula is C25H30F2N8O3S. The van der Waals surface area contributed by atoms with E-state index >= 15 is 0 Å². The Morgan fingerprint density at radius 1 is 1.03 bits per heavy atom. The van der Waals surface area contributed by atoms with Gasteiger partial charge in [0.2, 0.25) is 16.0 Å². The third-order valence-corrected chi connectivity index (χ3v) is 8.96. The zero-order chi connectivity index (χ0) is 27.4. The predicted octanol–water partition coefficient (Wildman–Crippen LogP) is 3.04. The summed E-state index contributed by atoms with van der Waals surface area (Å²) >= 11 is 0. The molecule has 1 aromatic carbocycles. The Morgan fingerprint density at radius 2 is 1.77 bits per heavy atom. The van der Waals surface area contributed by atoms with E-state index in [4.69, 9.17) is 5.11 Å².